The summed E-state index contributed by atoms with van der Waals surface area (Å²) in [5.41, 5.74) is 2.16. The van der Waals surface area contributed by atoms with Crippen LogP contribution in [-0.4, -0.2) is 32.6 Å². The number of carbonyl (C=O) groups excluding carboxylic acids is 1. The number of carbonyl (C=O) groups is 1. The van der Waals surface area contributed by atoms with Gasteiger partial charge < -0.3 is 15.5 Å². The van der Waals surface area contributed by atoms with E-state index < -0.39 is 0 Å². The largest absolute Gasteiger partial charge is 0.378 e. The minimum Gasteiger partial charge on any atom is -0.378 e. The summed E-state index contributed by atoms with van der Waals surface area (Å²) >= 11 is 0. The van der Waals surface area contributed by atoms with Gasteiger partial charge in [-0.1, -0.05) is 0 Å². The molecule has 0 saturated carbocycles. The Bertz CT molecular complexity index is 400. The van der Waals surface area contributed by atoms with Gasteiger partial charge in [0, 0.05) is 32.0 Å². The van der Waals surface area contributed by atoms with Crippen LogP contribution in [-0.2, 0) is 4.79 Å². The minimum atomic E-state index is -0.0993. The molecule has 0 spiro atoms. The molecule has 1 atom stereocenters. The molecule has 4 nitrogen and oxygen atoms in total. The maximum atomic E-state index is 11.8. The van der Waals surface area contributed by atoms with Crippen molar-refractivity contribution in [2.24, 2.45) is 0 Å². The molecule has 1 aromatic rings. The molecule has 1 fully saturated rings. The van der Waals surface area contributed by atoms with Gasteiger partial charge in [0.05, 0.1) is 0 Å². The molecule has 0 radical (unpaired) electrons. The van der Waals surface area contributed by atoms with Crippen molar-refractivity contribution in [3.8, 4) is 0 Å². The second kappa shape index (κ2) is 5.76. The van der Waals surface area contributed by atoms with Gasteiger partial charge in [0.25, 0.3) is 0 Å². The van der Waals surface area contributed by atoms with Crippen LogP contribution in [0.15, 0.2) is 24.3 Å². The lowest BCUT2D eigenvalue weighted by molar-refractivity contribution is -0.121. The molecule has 4 heteroatoms. The molecule has 0 aliphatic carbocycles. The van der Waals surface area contributed by atoms with Crippen LogP contribution in [0.1, 0.15) is 19.3 Å². The van der Waals surface area contributed by atoms with Gasteiger partial charge in [-0.3, -0.25) is 4.79 Å². The van der Waals surface area contributed by atoms with Crippen molar-refractivity contribution in [1.82, 2.24) is 5.32 Å². The highest BCUT2D eigenvalue weighted by Crippen LogP contribution is 2.18. The molecule has 2 N–H and O–H groups in total. The van der Waals surface area contributed by atoms with Crippen molar-refractivity contribution in [2.75, 3.05) is 30.9 Å². The van der Waals surface area contributed by atoms with E-state index >= 15 is 0 Å². The van der Waals surface area contributed by atoms with E-state index in [4.69, 9.17) is 0 Å². The number of hydrogen-bond donors (Lipinski definition) is 2. The smallest absolute Gasteiger partial charge is 0.242 e. The summed E-state index contributed by atoms with van der Waals surface area (Å²) in [5, 5.41) is 6.24. The third-order valence-corrected chi connectivity index (χ3v) is 3.26. The van der Waals surface area contributed by atoms with Crippen molar-refractivity contribution in [1.29, 1.82) is 0 Å². The van der Waals surface area contributed by atoms with Gasteiger partial charge in [-0.05, 0) is 43.5 Å². The summed E-state index contributed by atoms with van der Waals surface area (Å²) in [6.45, 7) is 0.802. The van der Waals surface area contributed by atoms with Gasteiger partial charge in [0.1, 0.15) is 6.04 Å². The Morgan fingerprint density at radius 3 is 2.61 bits per heavy atom. The standard InChI is InChI=1S/C14H21N3O/c1-17(2)12-8-6-11(7-9-12)16-13-5-3-4-10-15-14(13)18/h6-9,13,16H,3-5,10H2,1-2H3,(H,15,18). The first-order valence-corrected chi connectivity index (χ1v) is 6.48. The van der Waals surface area contributed by atoms with E-state index in [9.17, 15) is 4.79 Å². The third kappa shape index (κ3) is 3.15. The Balaban J connectivity index is 2.01. The highest BCUT2D eigenvalue weighted by atomic mass is 16.2. The monoisotopic (exact) mass is 247 g/mol. The third-order valence-electron chi connectivity index (χ3n) is 3.26. The van der Waals surface area contributed by atoms with Gasteiger partial charge in [0.15, 0.2) is 0 Å². The Kier molecular flexibility index (Phi) is 4.07. The van der Waals surface area contributed by atoms with E-state index in [0.717, 1.165) is 37.2 Å². The number of nitrogens with zero attached hydrogens (tertiary/aromatic N) is 1. The van der Waals surface area contributed by atoms with Gasteiger partial charge in [-0.15, -0.1) is 0 Å². The molecule has 1 saturated heterocycles. The van der Waals surface area contributed by atoms with E-state index in [2.05, 4.69) is 27.7 Å². The van der Waals surface area contributed by atoms with Gasteiger partial charge >= 0.3 is 0 Å². The first kappa shape index (κ1) is 12.7. The van der Waals surface area contributed by atoms with Crippen molar-refractivity contribution in [3.05, 3.63) is 24.3 Å². The number of benzene rings is 1. The summed E-state index contributed by atoms with van der Waals surface area (Å²) in [6.07, 6.45) is 3.07. The zero-order valence-corrected chi connectivity index (χ0v) is 11.1. The van der Waals surface area contributed by atoms with Crippen molar-refractivity contribution in [3.63, 3.8) is 0 Å². The molecule has 18 heavy (non-hydrogen) atoms. The highest BCUT2D eigenvalue weighted by Gasteiger charge is 2.19. The Morgan fingerprint density at radius 2 is 1.94 bits per heavy atom. The van der Waals surface area contributed by atoms with E-state index in [0.29, 0.717) is 0 Å². The molecule has 1 heterocycles. The van der Waals surface area contributed by atoms with Crippen LogP contribution in [0.3, 0.4) is 0 Å². The van der Waals surface area contributed by atoms with Crippen molar-refractivity contribution in [2.45, 2.75) is 25.3 Å². The first-order chi connectivity index (χ1) is 8.66. The Hall–Kier alpha value is -1.71. The molecule has 0 aromatic heterocycles. The zero-order valence-electron chi connectivity index (χ0n) is 11.1. The predicted molar refractivity (Wildman–Crippen MR) is 75.0 cm³/mol. The molecule has 98 valence electrons. The normalized spacial score (nSPS) is 19.9. The van der Waals surface area contributed by atoms with Crippen LogP contribution in [0.5, 0.6) is 0 Å². The molecular formula is C14H21N3O. The average Bonchev–Trinajstić information content (AvgIpc) is 2.56. The van der Waals surface area contributed by atoms with Gasteiger partial charge in [-0.2, -0.15) is 0 Å². The maximum absolute atomic E-state index is 11.8. The van der Waals surface area contributed by atoms with E-state index in [1.165, 1.54) is 0 Å². The first-order valence-electron chi connectivity index (χ1n) is 6.48. The fourth-order valence-electron chi connectivity index (χ4n) is 2.13. The number of amides is 1. The molecule has 2 rings (SSSR count). The Labute approximate surface area is 108 Å². The summed E-state index contributed by atoms with van der Waals surface area (Å²) in [6, 6.07) is 8.05. The molecule has 1 amide bonds. The number of nitrogens with one attached hydrogen (secondary N) is 2. The molecule has 1 aromatic carbocycles. The molecule has 1 aliphatic heterocycles. The SMILES string of the molecule is CN(C)c1ccc(NC2CCCCNC2=O)cc1. The van der Waals surface area contributed by atoms with E-state index in [1.54, 1.807) is 0 Å². The molecule has 1 unspecified atom stereocenters. The van der Waals surface area contributed by atoms with Crippen molar-refractivity contribution < 1.29 is 4.79 Å². The summed E-state index contributed by atoms with van der Waals surface area (Å²) < 4.78 is 0. The quantitative estimate of drug-likeness (QED) is 0.856. The summed E-state index contributed by atoms with van der Waals surface area (Å²) in [7, 11) is 4.03. The summed E-state index contributed by atoms with van der Waals surface area (Å²) in [5.74, 6) is 0.115. The second-order valence-corrected chi connectivity index (χ2v) is 4.93. The van der Waals surface area contributed by atoms with E-state index in [1.807, 2.05) is 26.2 Å². The van der Waals surface area contributed by atoms with Crippen LogP contribution in [0.4, 0.5) is 11.4 Å². The van der Waals surface area contributed by atoms with Crippen LogP contribution in [0, 0.1) is 0 Å². The maximum Gasteiger partial charge on any atom is 0.242 e. The Morgan fingerprint density at radius 1 is 1.22 bits per heavy atom. The topological polar surface area (TPSA) is 44.4 Å². The number of anilines is 2. The fourth-order valence-corrected chi connectivity index (χ4v) is 2.13. The average molecular weight is 247 g/mol. The molecular weight excluding hydrogens is 226 g/mol. The highest BCUT2D eigenvalue weighted by molar-refractivity contribution is 5.84. The zero-order chi connectivity index (χ0) is 13.0. The minimum absolute atomic E-state index is 0.0993. The van der Waals surface area contributed by atoms with E-state index in [-0.39, 0.29) is 11.9 Å². The molecule has 1 aliphatic rings. The lowest BCUT2D eigenvalue weighted by atomic mass is 10.1. The second-order valence-electron chi connectivity index (χ2n) is 4.93. The van der Waals surface area contributed by atoms with Crippen LogP contribution in [0.2, 0.25) is 0 Å². The van der Waals surface area contributed by atoms with Crippen LogP contribution >= 0.6 is 0 Å². The number of hydrogen-bond acceptors (Lipinski definition) is 3. The lowest BCUT2D eigenvalue weighted by Crippen LogP contribution is -2.37. The number of rotatable bonds is 3. The lowest BCUT2D eigenvalue weighted by Gasteiger charge is -2.18. The van der Waals surface area contributed by atoms with Crippen molar-refractivity contribution >= 4 is 17.3 Å². The molecule has 0 bridgehead atoms. The van der Waals surface area contributed by atoms with Crippen LogP contribution in [0.25, 0.3) is 0 Å². The fraction of sp³-hybridized carbons (Fsp3) is 0.500. The van der Waals surface area contributed by atoms with Gasteiger partial charge in [0.2, 0.25) is 5.91 Å². The van der Waals surface area contributed by atoms with Crippen LogP contribution < -0.4 is 15.5 Å². The summed E-state index contributed by atoms with van der Waals surface area (Å²) in [4.78, 5) is 13.9. The predicted octanol–water partition coefficient (Wildman–Crippen LogP) is 1.83. The van der Waals surface area contributed by atoms with Gasteiger partial charge in [-0.25, -0.2) is 0 Å².